The Morgan fingerprint density at radius 1 is 0.842 bits per heavy atom. The Morgan fingerprint density at radius 2 is 1.50 bits per heavy atom. The summed E-state index contributed by atoms with van der Waals surface area (Å²) in [6.45, 7) is 13.3. The molecule has 0 fully saturated rings. The van der Waals surface area contributed by atoms with Crippen molar-refractivity contribution in [2.24, 2.45) is 0 Å². The van der Waals surface area contributed by atoms with Crippen LogP contribution in [0.5, 0.6) is 0 Å². The van der Waals surface area contributed by atoms with E-state index in [2.05, 4.69) is 87.0 Å². The summed E-state index contributed by atoms with van der Waals surface area (Å²) in [5.74, 6) is 6.35. The molecule has 0 aliphatic carbocycles. The first-order chi connectivity index (χ1) is 18.3. The third kappa shape index (κ3) is 6.53. The number of aliphatic hydroxyl groups is 1. The number of aromatic nitrogens is 1. The number of aryl methyl sites for hydroxylation is 2. The van der Waals surface area contributed by atoms with Crippen LogP contribution in [0.1, 0.15) is 86.8 Å². The molecule has 0 aliphatic rings. The van der Waals surface area contributed by atoms with Gasteiger partial charge in [-0.15, -0.1) is 0 Å². The van der Waals surface area contributed by atoms with E-state index in [0.29, 0.717) is 19.4 Å². The third-order valence-electron chi connectivity index (χ3n) is 8.06. The van der Waals surface area contributed by atoms with Crippen LogP contribution in [0.2, 0.25) is 0 Å². The lowest BCUT2D eigenvalue weighted by Crippen LogP contribution is -2.26. The van der Waals surface area contributed by atoms with E-state index < -0.39 is 5.60 Å². The van der Waals surface area contributed by atoms with Crippen LogP contribution < -0.4 is 0 Å². The van der Waals surface area contributed by atoms with E-state index in [4.69, 9.17) is 9.78 Å². The van der Waals surface area contributed by atoms with E-state index in [1.165, 1.54) is 29.4 Å². The Kier molecular flexibility index (Phi) is 10.3. The summed E-state index contributed by atoms with van der Waals surface area (Å²) in [7, 11) is 1.52. The van der Waals surface area contributed by atoms with Crippen LogP contribution in [0.3, 0.4) is 0 Å². The highest BCUT2D eigenvalue weighted by Gasteiger charge is 2.31. The number of hydrogen-bond acceptors (Lipinski definition) is 4. The second kappa shape index (κ2) is 13.2. The van der Waals surface area contributed by atoms with Crippen molar-refractivity contribution in [2.45, 2.75) is 84.7 Å². The van der Waals surface area contributed by atoms with Crippen molar-refractivity contribution in [3.05, 3.63) is 88.2 Å². The molecule has 0 spiro atoms. The van der Waals surface area contributed by atoms with Crippen molar-refractivity contribution in [1.82, 2.24) is 4.98 Å². The smallest absolute Gasteiger partial charge is 0.125 e. The highest BCUT2D eigenvalue weighted by molar-refractivity contribution is 5.68. The molecular formula is C34H43NO3. The Morgan fingerprint density at radius 3 is 2.08 bits per heavy atom. The van der Waals surface area contributed by atoms with E-state index in [0.717, 1.165) is 41.5 Å². The van der Waals surface area contributed by atoms with Crippen molar-refractivity contribution >= 4 is 0 Å². The van der Waals surface area contributed by atoms with Crippen LogP contribution in [-0.4, -0.2) is 29.4 Å². The number of pyridine rings is 1. The summed E-state index contributed by atoms with van der Waals surface area (Å²) in [6, 6.07) is 15.7. The largest absolute Gasteiger partial charge is 0.378 e. The minimum absolute atomic E-state index is 0.0921. The SMILES string of the molecule is CCC(O)(C#Cc1ccc(C(CC)(CC)c2ccc(-c3cncc(CCOOC)c3)c(C)c2)cc1C)CC. The number of benzene rings is 2. The molecule has 0 saturated heterocycles. The van der Waals surface area contributed by atoms with E-state index in [9.17, 15) is 5.11 Å². The molecule has 1 heterocycles. The summed E-state index contributed by atoms with van der Waals surface area (Å²) in [4.78, 5) is 14.2. The summed E-state index contributed by atoms with van der Waals surface area (Å²) >= 11 is 0. The Bertz CT molecular complexity index is 1280. The normalized spacial score (nSPS) is 11.8. The van der Waals surface area contributed by atoms with E-state index in [-0.39, 0.29) is 5.41 Å². The zero-order chi connectivity index (χ0) is 27.8. The lowest BCUT2D eigenvalue weighted by Gasteiger charge is -2.34. The number of rotatable bonds is 11. The van der Waals surface area contributed by atoms with Crippen LogP contribution in [0.25, 0.3) is 11.1 Å². The number of nitrogens with zero attached hydrogens (tertiary/aromatic N) is 1. The van der Waals surface area contributed by atoms with Gasteiger partial charge in [-0.3, -0.25) is 4.98 Å². The van der Waals surface area contributed by atoms with Crippen molar-refractivity contribution in [1.29, 1.82) is 0 Å². The van der Waals surface area contributed by atoms with Crippen LogP contribution in [0, 0.1) is 25.7 Å². The molecule has 0 unspecified atom stereocenters. The molecule has 0 saturated carbocycles. The highest BCUT2D eigenvalue weighted by Crippen LogP contribution is 2.41. The molecule has 1 aromatic heterocycles. The first kappa shape index (κ1) is 29.6. The van der Waals surface area contributed by atoms with Crippen LogP contribution in [-0.2, 0) is 21.6 Å². The van der Waals surface area contributed by atoms with E-state index >= 15 is 0 Å². The summed E-state index contributed by atoms with van der Waals surface area (Å²) in [5.41, 5.74) is 8.39. The fourth-order valence-electron chi connectivity index (χ4n) is 5.24. The minimum Gasteiger partial charge on any atom is -0.378 e. The van der Waals surface area contributed by atoms with Gasteiger partial charge in [-0.25, -0.2) is 9.78 Å². The van der Waals surface area contributed by atoms with Gasteiger partial charge in [0.1, 0.15) is 5.60 Å². The second-order valence-corrected chi connectivity index (χ2v) is 10.2. The van der Waals surface area contributed by atoms with Gasteiger partial charge in [-0.05, 0) is 85.0 Å². The van der Waals surface area contributed by atoms with Gasteiger partial charge < -0.3 is 5.11 Å². The maximum atomic E-state index is 10.6. The van der Waals surface area contributed by atoms with Gasteiger partial charge in [0, 0.05) is 35.4 Å². The summed E-state index contributed by atoms with van der Waals surface area (Å²) < 4.78 is 0. The van der Waals surface area contributed by atoms with Crippen molar-refractivity contribution < 1.29 is 14.9 Å². The molecule has 4 nitrogen and oxygen atoms in total. The van der Waals surface area contributed by atoms with Gasteiger partial charge in [-0.2, -0.15) is 0 Å². The van der Waals surface area contributed by atoms with Crippen LogP contribution in [0.15, 0.2) is 54.9 Å². The van der Waals surface area contributed by atoms with Gasteiger partial charge in [0.15, 0.2) is 0 Å². The maximum Gasteiger partial charge on any atom is 0.125 e. The highest BCUT2D eigenvalue weighted by atomic mass is 17.2. The predicted octanol–water partition coefficient (Wildman–Crippen LogP) is 7.49. The zero-order valence-corrected chi connectivity index (χ0v) is 24.1. The molecule has 0 aliphatic heterocycles. The fraction of sp³-hybridized carbons (Fsp3) is 0.441. The standard InChI is InChI=1S/C34H43NO3/c1-8-33(36,9-2)18-16-28-12-13-30(20-25(28)5)34(10-3,11-4)31-14-15-32(26(6)21-31)29-22-27(23-35-24-29)17-19-38-37-7/h12-15,20-24,36H,8-11,17,19H2,1-7H3. The fourth-order valence-corrected chi connectivity index (χ4v) is 5.24. The van der Waals surface area contributed by atoms with Crippen LogP contribution in [0.4, 0.5) is 0 Å². The molecule has 0 atom stereocenters. The van der Waals surface area contributed by atoms with Crippen molar-refractivity contribution in [2.75, 3.05) is 13.7 Å². The minimum atomic E-state index is -0.923. The molecule has 3 rings (SSSR count). The average Bonchev–Trinajstić information content (AvgIpc) is 2.94. The maximum absolute atomic E-state index is 10.6. The molecule has 38 heavy (non-hydrogen) atoms. The molecular weight excluding hydrogens is 470 g/mol. The molecule has 2 aromatic carbocycles. The van der Waals surface area contributed by atoms with Gasteiger partial charge in [0.2, 0.25) is 0 Å². The lowest BCUT2D eigenvalue weighted by atomic mass is 9.69. The van der Waals surface area contributed by atoms with Gasteiger partial charge in [-0.1, -0.05) is 69.9 Å². The van der Waals surface area contributed by atoms with E-state index in [1.54, 1.807) is 0 Å². The molecule has 0 amide bonds. The van der Waals surface area contributed by atoms with Gasteiger partial charge in [0.05, 0.1) is 13.7 Å². The molecule has 0 radical (unpaired) electrons. The topological polar surface area (TPSA) is 51.6 Å². The average molecular weight is 514 g/mol. The summed E-state index contributed by atoms with van der Waals surface area (Å²) in [6.07, 6.45) is 7.80. The molecule has 1 N–H and O–H groups in total. The molecule has 0 bridgehead atoms. The van der Waals surface area contributed by atoms with E-state index in [1.807, 2.05) is 26.2 Å². The molecule has 3 aromatic rings. The van der Waals surface area contributed by atoms with Gasteiger partial charge in [0.25, 0.3) is 0 Å². The van der Waals surface area contributed by atoms with Crippen molar-refractivity contribution in [3.63, 3.8) is 0 Å². The number of hydrogen-bond donors (Lipinski definition) is 1. The third-order valence-corrected chi connectivity index (χ3v) is 8.06. The Balaban J connectivity index is 1.96. The summed E-state index contributed by atoms with van der Waals surface area (Å²) in [5, 5.41) is 10.6. The Labute approximate surface area is 229 Å². The monoisotopic (exact) mass is 513 g/mol. The second-order valence-electron chi connectivity index (χ2n) is 10.2. The van der Waals surface area contributed by atoms with Crippen molar-refractivity contribution in [3.8, 4) is 23.0 Å². The van der Waals surface area contributed by atoms with Gasteiger partial charge >= 0.3 is 0 Å². The first-order valence-electron chi connectivity index (χ1n) is 13.8. The predicted molar refractivity (Wildman–Crippen MR) is 156 cm³/mol. The zero-order valence-electron chi connectivity index (χ0n) is 24.1. The lowest BCUT2D eigenvalue weighted by molar-refractivity contribution is -0.271. The van der Waals surface area contributed by atoms with Crippen LogP contribution >= 0.6 is 0 Å². The first-order valence-corrected chi connectivity index (χ1v) is 13.8. The molecule has 202 valence electrons. The quantitative estimate of drug-likeness (QED) is 0.125. The molecule has 4 heteroatoms. The Hall–Kier alpha value is -2.97.